The lowest BCUT2D eigenvalue weighted by Crippen LogP contribution is -2.36. The maximum atomic E-state index is 11.7. The average Bonchev–Trinajstić information content (AvgIpc) is 2.34. The molecule has 0 fully saturated rings. The van der Waals surface area contributed by atoms with Gasteiger partial charge in [0.1, 0.15) is 5.75 Å². The summed E-state index contributed by atoms with van der Waals surface area (Å²) < 4.78 is 28.5. The first-order valence-electron chi connectivity index (χ1n) is 6.05. The number of primary sulfonamides is 1. The molecule has 5 heteroatoms. The molecule has 1 rings (SSSR count). The van der Waals surface area contributed by atoms with Gasteiger partial charge in [-0.05, 0) is 37.0 Å². The fourth-order valence-corrected chi connectivity index (χ4v) is 3.11. The molecule has 0 aliphatic heterocycles. The van der Waals surface area contributed by atoms with Gasteiger partial charge in [-0.2, -0.15) is 0 Å². The van der Waals surface area contributed by atoms with Crippen LogP contribution in [0.15, 0.2) is 36.4 Å². The first kappa shape index (κ1) is 15.7. The van der Waals surface area contributed by atoms with Gasteiger partial charge in [-0.15, -0.1) is 0 Å². The first-order valence-corrected chi connectivity index (χ1v) is 7.66. The third-order valence-electron chi connectivity index (χ3n) is 3.35. The van der Waals surface area contributed by atoms with Gasteiger partial charge in [0.05, 0.1) is 12.4 Å². The van der Waals surface area contributed by atoms with Gasteiger partial charge in [0.25, 0.3) is 0 Å². The largest absolute Gasteiger partial charge is 0.497 e. The summed E-state index contributed by atoms with van der Waals surface area (Å²) in [5.74, 6) is 0.556. The van der Waals surface area contributed by atoms with E-state index in [0.29, 0.717) is 6.42 Å². The molecule has 2 N–H and O–H groups in total. The highest BCUT2D eigenvalue weighted by Gasteiger charge is 2.28. The predicted octanol–water partition coefficient (Wildman–Crippen LogP) is 2.11. The molecule has 0 aliphatic rings. The van der Waals surface area contributed by atoms with Crippen molar-refractivity contribution in [2.45, 2.75) is 25.5 Å². The number of sulfonamides is 1. The number of ether oxygens (including phenoxy) is 1. The third-order valence-corrected chi connectivity index (χ3v) is 4.77. The highest BCUT2D eigenvalue weighted by Crippen LogP contribution is 2.22. The Morgan fingerprint density at radius 1 is 1.37 bits per heavy atom. The molecule has 19 heavy (non-hydrogen) atoms. The molecule has 0 saturated heterocycles. The second-order valence-electron chi connectivity index (χ2n) is 4.81. The van der Waals surface area contributed by atoms with Crippen molar-refractivity contribution in [3.63, 3.8) is 0 Å². The Bertz CT molecular complexity index is 534. The van der Waals surface area contributed by atoms with Gasteiger partial charge in [-0.25, -0.2) is 13.6 Å². The van der Waals surface area contributed by atoms with Crippen molar-refractivity contribution in [1.82, 2.24) is 0 Å². The number of benzene rings is 1. The molecule has 0 bridgehead atoms. The van der Waals surface area contributed by atoms with E-state index in [4.69, 9.17) is 9.88 Å². The van der Waals surface area contributed by atoms with Gasteiger partial charge in [-0.3, -0.25) is 0 Å². The lowest BCUT2D eigenvalue weighted by atomic mass is 9.95. The normalized spacial score (nSPS) is 14.7. The monoisotopic (exact) mass is 283 g/mol. The van der Waals surface area contributed by atoms with Gasteiger partial charge >= 0.3 is 0 Å². The number of rotatable bonds is 6. The van der Waals surface area contributed by atoms with Crippen LogP contribution in [0.25, 0.3) is 0 Å². The van der Waals surface area contributed by atoms with Crippen molar-refractivity contribution in [3.8, 4) is 5.75 Å². The maximum absolute atomic E-state index is 11.7. The van der Waals surface area contributed by atoms with E-state index in [1.54, 1.807) is 19.2 Å². The Morgan fingerprint density at radius 3 is 2.26 bits per heavy atom. The molecule has 1 aromatic carbocycles. The van der Waals surface area contributed by atoms with E-state index in [1.165, 1.54) is 0 Å². The lowest BCUT2D eigenvalue weighted by molar-refractivity contribution is 0.414. The summed E-state index contributed by atoms with van der Waals surface area (Å²) in [5, 5.41) is 4.67. The minimum Gasteiger partial charge on any atom is -0.497 e. The van der Waals surface area contributed by atoms with E-state index in [-0.39, 0.29) is 5.92 Å². The second-order valence-corrected chi connectivity index (χ2v) is 6.60. The third kappa shape index (κ3) is 4.36. The summed E-state index contributed by atoms with van der Waals surface area (Å²) in [6, 6.07) is 7.31. The van der Waals surface area contributed by atoms with E-state index in [2.05, 4.69) is 6.58 Å². The van der Waals surface area contributed by atoms with E-state index in [9.17, 15) is 8.42 Å². The summed E-state index contributed by atoms with van der Waals surface area (Å²) in [6.07, 6.45) is 0.372. The standard InChI is InChI=1S/C14H21NO3S/c1-10(2)11(3)14(19(15,16)17)9-12-5-7-13(18-4)8-6-12/h5-8,11,14H,1,9H2,2-4H3,(H2,15,16,17). The van der Waals surface area contributed by atoms with Crippen LogP contribution in [0.2, 0.25) is 0 Å². The number of allylic oxidation sites excluding steroid dienone is 1. The van der Waals surface area contributed by atoms with E-state index >= 15 is 0 Å². The molecular weight excluding hydrogens is 262 g/mol. The molecule has 0 radical (unpaired) electrons. The van der Waals surface area contributed by atoms with Crippen molar-refractivity contribution < 1.29 is 13.2 Å². The Hall–Kier alpha value is -1.33. The summed E-state index contributed by atoms with van der Waals surface area (Å²) >= 11 is 0. The van der Waals surface area contributed by atoms with Crippen LogP contribution in [-0.4, -0.2) is 20.8 Å². The van der Waals surface area contributed by atoms with Crippen LogP contribution in [0.1, 0.15) is 19.4 Å². The molecule has 106 valence electrons. The number of hydrogen-bond acceptors (Lipinski definition) is 3. The van der Waals surface area contributed by atoms with E-state index in [1.807, 2.05) is 26.0 Å². The van der Waals surface area contributed by atoms with Crippen LogP contribution < -0.4 is 9.88 Å². The van der Waals surface area contributed by atoms with Crippen LogP contribution in [0.5, 0.6) is 5.75 Å². The minimum atomic E-state index is -3.62. The number of methoxy groups -OCH3 is 1. The molecule has 2 atom stereocenters. The van der Waals surface area contributed by atoms with Crippen molar-refractivity contribution >= 4 is 10.0 Å². The number of hydrogen-bond donors (Lipinski definition) is 1. The van der Waals surface area contributed by atoms with Gasteiger partial charge in [0.15, 0.2) is 0 Å². The topological polar surface area (TPSA) is 69.4 Å². The fraction of sp³-hybridized carbons (Fsp3) is 0.429. The lowest BCUT2D eigenvalue weighted by Gasteiger charge is -2.22. The quantitative estimate of drug-likeness (QED) is 0.813. The summed E-state index contributed by atoms with van der Waals surface area (Å²) in [5.41, 5.74) is 1.72. The molecule has 0 spiro atoms. The Balaban J connectivity index is 2.97. The Labute approximate surface area is 115 Å². The van der Waals surface area contributed by atoms with Crippen LogP contribution >= 0.6 is 0 Å². The van der Waals surface area contributed by atoms with Crippen LogP contribution in [0.4, 0.5) is 0 Å². The summed E-state index contributed by atoms with van der Waals surface area (Å²) in [6.45, 7) is 7.47. The number of nitrogens with two attached hydrogens (primary N) is 1. The molecule has 2 unspecified atom stereocenters. The SMILES string of the molecule is C=C(C)C(C)C(Cc1ccc(OC)cc1)S(N)(=O)=O. The molecule has 1 aromatic rings. The van der Waals surface area contributed by atoms with Gasteiger partial charge in [0.2, 0.25) is 10.0 Å². The first-order chi connectivity index (χ1) is 8.75. The zero-order valence-corrected chi connectivity index (χ0v) is 12.4. The van der Waals surface area contributed by atoms with Crippen LogP contribution in [0.3, 0.4) is 0 Å². The van der Waals surface area contributed by atoms with Crippen molar-refractivity contribution in [2.24, 2.45) is 11.1 Å². The molecule has 0 aliphatic carbocycles. The molecule has 4 nitrogen and oxygen atoms in total. The minimum absolute atomic E-state index is 0.183. The maximum Gasteiger partial charge on any atom is 0.212 e. The average molecular weight is 283 g/mol. The zero-order valence-electron chi connectivity index (χ0n) is 11.6. The van der Waals surface area contributed by atoms with Crippen LogP contribution in [-0.2, 0) is 16.4 Å². The summed E-state index contributed by atoms with van der Waals surface area (Å²) in [4.78, 5) is 0. The fourth-order valence-electron chi connectivity index (χ4n) is 1.89. The van der Waals surface area contributed by atoms with Gasteiger partial charge < -0.3 is 4.74 Å². The summed E-state index contributed by atoms with van der Waals surface area (Å²) in [7, 11) is -2.03. The molecule has 0 heterocycles. The van der Waals surface area contributed by atoms with Crippen molar-refractivity contribution in [2.75, 3.05) is 7.11 Å². The Kier molecular flexibility index (Phi) is 5.14. The highest BCUT2D eigenvalue weighted by molar-refractivity contribution is 7.89. The molecule has 0 saturated carbocycles. The van der Waals surface area contributed by atoms with Gasteiger partial charge in [-0.1, -0.05) is 31.2 Å². The predicted molar refractivity (Wildman–Crippen MR) is 77.6 cm³/mol. The zero-order chi connectivity index (χ0) is 14.6. The van der Waals surface area contributed by atoms with Crippen molar-refractivity contribution in [1.29, 1.82) is 0 Å². The Morgan fingerprint density at radius 2 is 1.89 bits per heavy atom. The van der Waals surface area contributed by atoms with E-state index < -0.39 is 15.3 Å². The smallest absolute Gasteiger partial charge is 0.212 e. The highest BCUT2D eigenvalue weighted by atomic mass is 32.2. The molecule has 0 aromatic heterocycles. The van der Waals surface area contributed by atoms with Crippen LogP contribution in [0, 0.1) is 5.92 Å². The molecule has 0 amide bonds. The van der Waals surface area contributed by atoms with E-state index in [0.717, 1.165) is 16.9 Å². The second kappa shape index (κ2) is 6.21. The van der Waals surface area contributed by atoms with Crippen molar-refractivity contribution in [3.05, 3.63) is 42.0 Å². The van der Waals surface area contributed by atoms with Gasteiger partial charge in [0, 0.05) is 0 Å². The molecular formula is C14H21NO3S.